The fourth-order valence-electron chi connectivity index (χ4n) is 2.69. The molecule has 3 rings (SSSR count). The molecule has 0 atom stereocenters. The zero-order chi connectivity index (χ0) is 16.8. The van der Waals surface area contributed by atoms with Crippen molar-refractivity contribution in [2.75, 3.05) is 36.5 Å². The van der Waals surface area contributed by atoms with Crippen LogP contribution in [-0.4, -0.2) is 37.2 Å². The van der Waals surface area contributed by atoms with E-state index in [4.69, 9.17) is 10.5 Å². The molecule has 1 aliphatic heterocycles. The fraction of sp³-hybridized carbons (Fsp3) is 0.333. The number of anilines is 2. The molecule has 0 saturated carbocycles. The molecule has 6 nitrogen and oxygen atoms in total. The van der Waals surface area contributed by atoms with Gasteiger partial charge in [-0.2, -0.15) is 0 Å². The molecule has 1 aromatic carbocycles. The number of hydrogen-bond donors (Lipinski definition) is 2. The summed E-state index contributed by atoms with van der Waals surface area (Å²) in [7, 11) is 0. The van der Waals surface area contributed by atoms with Gasteiger partial charge in [-0.3, -0.25) is 0 Å². The van der Waals surface area contributed by atoms with Crippen molar-refractivity contribution < 1.29 is 4.74 Å². The Hall–Kier alpha value is -2.60. The van der Waals surface area contributed by atoms with E-state index in [2.05, 4.69) is 20.2 Å². The molecule has 1 aliphatic rings. The average molecular weight is 325 g/mol. The zero-order valence-corrected chi connectivity index (χ0v) is 13.9. The molecule has 3 N–H and O–H groups in total. The number of nitrogens with two attached hydrogens (primary N) is 1. The van der Waals surface area contributed by atoms with Gasteiger partial charge in [0.05, 0.1) is 19.8 Å². The van der Waals surface area contributed by atoms with Gasteiger partial charge in [-0.05, 0) is 30.7 Å². The summed E-state index contributed by atoms with van der Waals surface area (Å²) in [5, 5.41) is 3.13. The summed E-state index contributed by atoms with van der Waals surface area (Å²) in [6, 6.07) is 12.0. The fourth-order valence-corrected chi connectivity index (χ4v) is 2.69. The Morgan fingerprint density at radius 3 is 2.92 bits per heavy atom. The molecule has 1 saturated heterocycles. The second kappa shape index (κ2) is 7.79. The number of hydrogen-bond acceptors (Lipinski definition) is 4. The standard InChI is InChI=1S/C18H23N5O/c1-14-4-2-6-16(12-14)22-18(19)21-13-15-5-3-7-20-17(15)23-8-10-24-11-9-23/h2-7,12H,8-11,13H2,1H3,(H3,19,21,22). The van der Waals surface area contributed by atoms with E-state index in [0.717, 1.165) is 43.4 Å². The van der Waals surface area contributed by atoms with Crippen LogP contribution in [0, 0.1) is 6.92 Å². The van der Waals surface area contributed by atoms with Gasteiger partial charge in [0.25, 0.3) is 0 Å². The van der Waals surface area contributed by atoms with Crippen LogP contribution in [0.15, 0.2) is 47.6 Å². The molecule has 0 bridgehead atoms. The Kier molecular flexibility index (Phi) is 5.28. The van der Waals surface area contributed by atoms with Crippen molar-refractivity contribution in [3.63, 3.8) is 0 Å². The number of nitrogens with one attached hydrogen (secondary N) is 1. The minimum absolute atomic E-state index is 0.400. The molecule has 1 fully saturated rings. The Balaban J connectivity index is 1.69. The van der Waals surface area contributed by atoms with Gasteiger partial charge in [0.2, 0.25) is 0 Å². The first-order valence-corrected chi connectivity index (χ1v) is 8.12. The SMILES string of the molecule is Cc1cccc(NC(N)=NCc2cccnc2N2CCOCC2)c1. The lowest BCUT2D eigenvalue weighted by atomic mass is 10.2. The summed E-state index contributed by atoms with van der Waals surface area (Å²) < 4.78 is 5.41. The minimum atomic E-state index is 0.400. The van der Waals surface area contributed by atoms with Gasteiger partial charge in [-0.25, -0.2) is 9.98 Å². The van der Waals surface area contributed by atoms with Crippen LogP contribution in [0.4, 0.5) is 11.5 Å². The lowest BCUT2D eigenvalue weighted by Gasteiger charge is -2.29. The summed E-state index contributed by atoms with van der Waals surface area (Å²) in [6.07, 6.45) is 1.81. The van der Waals surface area contributed by atoms with Gasteiger partial charge < -0.3 is 20.7 Å². The van der Waals surface area contributed by atoms with Crippen LogP contribution in [-0.2, 0) is 11.3 Å². The van der Waals surface area contributed by atoms with Crippen LogP contribution in [0.5, 0.6) is 0 Å². The van der Waals surface area contributed by atoms with Crippen LogP contribution in [0.2, 0.25) is 0 Å². The third-order valence-corrected chi connectivity index (χ3v) is 3.89. The third-order valence-electron chi connectivity index (χ3n) is 3.89. The maximum Gasteiger partial charge on any atom is 0.193 e. The van der Waals surface area contributed by atoms with E-state index in [1.165, 1.54) is 5.56 Å². The molecule has 2 aromatic rings. The van der Waals surface area contributed by atoms with Crippen molar-refractivity contribution in [3.05, 3.63) is 53.7 Å². The second-order valence-corrected chi connectivity index (χ2v) is 5.78. The monoisotopic (exact) mass is 325 g/mol. The van der Waals surface area contributed by atoms with Gasteiger partial charge >= 0.3 is 0 Å². The van der Waals surface area contributed by atoms with Crippen molar-refractivity contribution in [2.45, 2.75) is 13.5 Å². The normalized spacial score (nSPS) is 15.4. The van der Waals surface area contributed by atoms with E-state index < -0.39 is 0 Å². The highest BCUT2D eigenvalue weighted by molar-refractivity contribution is 5.92. The zero-order valence-electron chi connectivity index (χ0n) is 13.9. The summed E-state index contributed by atoms with van der Waals surface area (Å²) in [6.45, 7) is 5.70. The van der Waals surface area contributed by atoms with Gasteiger partial charge in [0.1, 0.15) is 5.82 Å². The molecule has 1 aromatic heterocycles. The van der Waals surface area contributed by atoms with Crippen molar-refractivity contribution in [1.29, 1.82) is 0 Å². The molecule has 0 unspecified atom stereocenters. The number of aryl methyl sites for hydroxylation is 1. The number of aliphatic imine (C=N–C) groups is 1. The number of aromatic nitrogens is 1. The molecule has 0 radical (unpaired) electrons. The maximum absolute atomic E-state index is 6.02. The smallest absolute Gasteiger partial charge is 0.193 e. The summed E-state index contributed by atoms with van der Waals surface area (Å²) in [5.41, 5.74) is 9.20. The van der Waals surface area contributed by atoms with Gasteiger partial charge in [-0.1, -0.05) is 18.2 Å². The van der Waals surface area contributed by atoms with Crippen LogP contribution >= 0.6 is 0 Å². The Labute approximate surface area is 142 Å². The molecule has 6 heteroatoms. The minimum Gasteiger partial charge on any atom is -0.378 e. The van der Waals surface area contributed by atoms with Crippen LogP contribution < -0.4 is 16.0 Å². The first-order valence-electron chi connectivity index (χ1n) is 8.12. The first kappa shape index (κ1) is 16.3. The summed E-state index contributed by atoms with van der Waals surface area (Å²) >= 11 is 0. The van der Waals surface area contributed by atoms with Gasteiger partial charge in [-0.15, -0.1) is 0 Å². The summed E-state index contributed by atoms with van der Waals surface area (Å²) in [5.74, 6) is 1.37. The number of morpholine rings is 1. The number of pyridine rings is 1. The van der Waals surface area contributed by atoms with Gasteiger partial charge in [0, 0.05) is 30.5 Å². The highest BCUT2D eigenvalue weighted by atomic mass is 16.5. The van der Waals surface area contributed by atoms with Crippen molar-refractivity contribution in [1.82, 2.24) is 4.98 Å². The van der Waals surface area contributed by atoms with E-state index in [-0.39, 0.29) is 0 Å². The number of nitrogens with zero attached hydrogens (tertiary/aromatic N) is 3. The number of guanidine groups is 1. The van der Waals surface area contributed by atoms with E-state index >= 15 is 0 Å². The number of rotatable bonds is 4. The van der Waals surface area contributed by atoms with E-state index in [1.807, 2.05) is 49.5 Å². The van der Waals surface area contributed by atoms with Crippen molar-refractivity contribution in [3.8, 4) is 0 Å². The molecular formula is C18H23N5O. The second-order valence-electron chi connectivity index (χ2n) is 5.78. The Bertz CT molecular complexity index is 710. The topological polar surface area (TPSA) is 75.8 Å². The highest BCUT2D eigenvalue weighted by Crippen LogP contribution is 2.19. The third kappa shape index (κ3) is 4.23. The maximum atomic E-state index is 6.02. The van der Waals surface area contributed by atoms with E-state index in [1.54, 1.807) is 0 Å². The van der Waals surface area contributed by atoms with Gasteiger partial charge in [0.15, 0.2) is 5.96 Å². The Morgan fingerprint density at radius 1 is 1.29 bits per heavy atom. The molecule has 0 amide bonds. The number of benzene rings is 1. The molecule has 126 valence electrons. The highest BCUT2D eigenvalue weighted by Gasteiger charge is 2.15. The largest absolute Gasteiger partial charge is 0.378 e. The molecule has 0 aliphatic carbocycles. The predicted octanol–water partition coefficient (Wildman–Crippen LogP) is 2.15. The first-order chi connectivity index (χ1) is 11.7. The molecular weight excluding hydrogens is 302 g/mol. The predicted molar refractivity (Wildman–Crippen MR) is 97.4 cm³/mol. The van der Waals surface area contributed by atoms with Crippen molar-refractivity contribution >= 4 is 17.5 Å². The molecule has 0 spiro atoms. The van der Waals surface area contributed by atoms with Crippen LogP contribution in [0.25, 0.3) is 0 Å². The number of ether oxygens (including phenoxy) is 1. The molecule has 24 heavy (non-hydrogen) atoms. The quantitative estimate of drug-likeness (QED) is 0.665. The van der Waals surface area contributed by atoms with Crippen LogP contribution in [0.1, 0.15) is 11.1 Å². The molecule has 2 heterocycles. The lowest BCUT2D eigenvalue weighted by molar-refractivity contribution is 0.122. The average Bonchev–Trinajstić information content (AvgIpc) is 2.61. The van der Waals surface area contributed by atoms with E-state index in [0.29, 0.717) is 12.5 Å². The Morgan fingerprint density at radius 2 is 2.12 bits per heavy atom. The summed E-state index contributed by atoms with van der Waals surface area (Å²) in [4.78, 5) is 11.2. The van der Waals surface area contributed by atoms with Crippen LogP contribution in [0.3, 0.4) is 0 Å². The van der Waals surface area contributed by atoms with Crippen molar-refractivity contribution in [2.24, 2.45) is 10.7 Å². The van der Waals surface area contributed by atoms with E-state index in [9.17, 15) is 0 Å². The lowest BCUT2D eigenvalue weighted by Crippen LogP contribution is -2.37.